The van der Waals surface area contributed by atoms with Gasteiger partial charge in [-0.3, -0.25) is 0 Å². The first kappa shape index (κ1) is 11.9. The minimum Gasteiger partial charge on any atom is -0.491 e. The summed E-state index contributed by atoms with van der Waals surface area (Å²) in [4.78, 5) is 4.47. The van der Waals surface area contributed by atoms with Crippen molar-refractivity contribution in [1.29, 1.82) is 0 Å². The largest absolute Gasteiger partial charge is 0.491 e. The fourth-order valence-electron chi connectivity index (χ4n) is 1.64. The summed E-state index contributed by atoms with van der Waals surface area (Å²) in [5.41, 5.74) is 3.46. The Hall–Kier alpha value is -0.610. The van der Waals surface area contributed by atoms with Crippen LogP contribution < -0.4 is 4.74 Å². The van der Waals surface area contributed by atoms with Crippen LogP contribution in [-0.4, -0.2) is 11.1 Å². The van der Waals surface area contributed by atoms with Gasteiger partial charge in [-0.2, -0.15) is 0 Å². The molecule has 4 heteroatoms. The number of ether oxygens (including phenoxy) is 1. The predicted molar refractivity (Wildman–Crippen MR) is 72.6 cm³/mol. The number of nitrogens with zero attached hydrogens (tertiary/aromatic N) is 1. The van der Waals surface area contributed by atoms with E-state index in [-0.39, 0.29) is 6.10 Å². The summed E-state index contributed by atoms with van der Waals surface area (Å²) in [5, 5.41) is 0. The van der Waals surface area contributed by atoms with Crippen molar-refractivity contribution >= 4 is 37.5 Å². The van der Waals surface area contributed by atoms with E-state index in [0.29, 0.717) is 0 Å². The van der Waals surface area contributed by atoms with Gasteiger partial charge in [0.25, 0.3) is 0 Å². The highest BCUT2D eigenvalue weighted by atomic mass is 79.9. The van der Waals surface area contributed by atoms with E-state index in [9.17, 15) is 0 Å². The van der Waals surface area contributed by atoms with E-state index in [1.807, 2.05) is 13.8 Å². The van der Waals surface area contributed by atoms with Crippen molar-refractivity contribution in [3.8, 4) is 5.75 Å². The van der Waals surface area contributed by atoms with Crippen LogP contribution >= 0.6 is 27.3 Å². The highest BCUT2D eigenvalue weighted by molar-refractivity contribution is 9.11. The molecule has 0 amide bonds. The number of hydrogen-bond acceptors (Lipinski definition) is 3. The van der Waals surface area contributed by atoms with Gasteiger partial charge in [0.15, 0.2) is 3.92 Å². The van der Waals surface area contributed by atoms with Gasteiger partial charge in [0.05, 0.1) is 16.3 Å². The minimum absolute atomic E-state index is 0.201. The first-order chi connectivity index (χ1) is 7.49. The van der Waals surface area contributed by atoms with Gasteiger partial charge in [0.1, 0.15) is 5.75 Å². The lowest BCUT2D eigenvalue weighted by molar-refractivity contribution is 0.241. The van der Waals surface area contributed by atoms with Gasteiger partial charge in [-0.25, -0.2) is 4.98 Å². The van der Waals surface area contributed by atoms with Crippen LogP contribution in [0.25, 0.3) is 10.2 Å². The molecule has 0 aliphatic rings. The Bertz CT molecular complexity index is 533. The van der Waals surface area contributed by atoms with Crippen molar-refractivity contribution in [3.05, 3.63) is 21.1 Å². The third-order valence-corrected chi connectivity index (χ3v) is 3.99. The Balaban J connectivity index is 2.63. The first-order valence-electron chi connectivity index (χ1n) is 5.22. The molecule has 86 valence electrons. The standard InChI is InChI=1S/C12H14BrNOS/c1-6(2)15-9-5-10-11(8(4)7(9)3)14-12(13)16-10/h5-6H,1-4H3. The lowest BCUT2D eigenvalue weighted by atomic mass is 10.1. The SMILES string of the molecule is Cc1c(OC(C)C)cc2sc(Br)nc2c1C. The molecule has 2 aromatic rings. The zero-order valence-corrected chi connectivity index (χ0v) is 12.2. The van der Waals surface area contributed by atoms with Crippen LogP contribution in [0, 0.1) is 13.8 Å². The van der Waals surface area contributed by atoms with Gasteiger partial charge in [0.2, 0.25) is 0 Å². The van der Waals surface area contributed by atoms with Crippen LogP contribution in [0.1, 0.15) is 25.0 Å². The first-order valence-corrected chi connectivity index (χ1v) is 6.83. The van der Waals surface area contributed by atoms with Crippen molar-refractivity contribution in [2.75, 3.05) is 0 Å². The number of hydrogen-bond donors (Lipinski definition) is 0. The van der Waals surface area contributed by atoms with E-state index in [2.05, 4.69) is 40.8 Å². The molecule has 0 unspecified atom stereocenters. The summed E-state index contributed by atoms with van der Waals surface area (Å²) >= 11 is 5.07. The number of halogens is 1. The van der Waals surface area contributed by atoms with Crippen LogP contribution in [0.5, 0.6) is 5.75 Å². The Morgan fingerprint density at radius 3 is 2.62 bits per heavy atom. The van der Waals surface area contributed by atoms with Crippen LogP contribution in [-0.2, 0) is 0 Å². The Kier molecular flexibility index (Phi) is 3.22. The molecular weight excluding hydrogens is 286 g/mol. The maximum absolute atomic E-state index is 5.81. The second-order valence-electron chi connectivity index (χ2n) is 4.10. The summed E-state index contributed by atoms with van der Waals surface area (Å²) in [7, 11) is 0. The molecule has 0 N–H and O–H groups in total. The van der Waals surface area contributed by atoms with Crippen molar-refractivity contribution in [2.24, 2.45) is 0 Å². The molecule has 0 saturated heterocycles. The number of aryl methyl sites for hydroxylation is 1. The molecule has 0 bridgehead atoms. The Morgan fingerprint density at radius 2 is 2.00 bits per heavy atom. The summed E-state index contributed by atoms with van der Waals surface area (Å²) < 4.78 is 7.90. The van der Waals surface area contributed by atoms with E-state index < -0.39 is 0 Å². The van der Waals surface area contributed by atoms with E-state index >= 15 is 0 Å². The van der Waals surface area contributed by atoms with Gasteiger partial charge < -0.3 is 4.74 Å². The van der Waals surface area contributed by atoms with Crippen molar-refractivity contribution in [3.63, 3.8) is 0 Å². The Labute approximate surface area is 108 Å². The molecule has 0 atom stereocenters. The van der Waals surface area contributed by atoms with Gasteiger partial charge in [0, 0.05) is 0 Å². The Morgan fingerprint density at radius 1 is 1.31 bits per heavy atom. The van der Waals surface area contributed by atoms with E-state index in [0.717, 1.165) is 15.2 Å². The smallest absolute Gasteiger partial charge is 0.160 e. The molecule has 1 heterocycles. The second kappa shape index (κ2) is 4.34. The molecular formula is C12H14BrNOS. The summed E-state index contributed by atoms with van der Waals surface area (Å²) in [6.07, 6.45) is 0.201. The van der Waals surface area contributed by atoms with Gasteiger partial charge in [-0.15, -0.1) is 11.3 Å². The maximum Gasteiger partial charge on any atom is 0.160 e. The summed E-state index contributed by atoms with van der Waals surface area (Å²) in [6.45, 7) is 8.26. The van der Waals surface area contributed by atoms with Gasteiger partial charge in [-0.05, 0) is 60.8 Å². The number of benzene rings is 1. The van der Waals surface area contributed by atoms with Crippen LogP contribution in [0.4, 0.5) is 0 Å². The molecule has 0 radical (unpaired) electrons. The van der Waals surface area contributed by atoms with Gasteiger partial charge in [-0.1, -0.05) is 0 Å². The molecule has 0 fully saturated rings. The molecule has 0 saturated carbocycles. The maximum atomic E-state index is 5.81. The molecule has 2 rings (SSSR count). The average Bonchev–Trinajstić information content (AvgIpc) is 2.54. The molecule has 0 aliphatic heterocycles. The van der Waals surface area contributed by atoms with Crippen LogP contribution in [0.2, 0.25) is 0 Å². The molecule has 2 nitrogen and oxygen atoms in total. The lowest BCUT2D eigenvalue weighted by Crippen LogP contribution is -2.07. The zero-order valence-electron chi connectivity index (χ0n) is 9.80. The minimum atomic E-state index is 0.201. The highest BCUT2D eigenvalue weighted by Gasteiger charge is 2.12. The number of rotatable bonds is 2. The fraction of sp³-hybridized carbons (Fsp3) is 0.417. The van der Waals surface area contributed by atoms with Crippen LogP contribution in [0.15, 0.2) is 9.98 Å². The quantitative estimate of drug-likeness (QED) is 0.816. The molecule has 1 aromatic heterocycles. The van der Waals surface area contributed by atoms with Gasteiger partial charge >= 0.3 is 0 Å². The topological polar surface area (TPSA) is 22.1 Å². The number of fused-ring (bicyclic) bond motifs is 1. The molecule has 0 aliphatic carbocycles. The van der Waals surface area contributed by atoms with Crippen molar-refractivity contribution < 1.29 is 4.74 Å². The van der Waals surface area contributed by atoms with Crippen molar-refractivity contribution in [1.82, 2.24) is 4.98 Å². The third kappa shape index (κ3) is 2.09. The van der Waals surface area contributed by atoms with E-state index in [4.69, 9.17) is 4.74 Å². The third-order valence-electron chi connectivity index (χ3n) is 2.54. The molecule has 1 aromatic carbocycles. The van der Waals surface area contributed by atoms with E-state index in [1.165, 1.54) is 15.8 Å². The van der Waals surface area contributed by atoms with Crippen molar-refractivity contribution in [2.45, 2.75) is 33.8 Å². The number of thiazole rings is 1. The highest BCUT2D eigenvalue weighted by Crippen LogP contribution is 2.35. The number of aromatic nitrogens is 1. The average molecular weight is 300 g/mol. The predicted octanol–water partition coefficient (Wildman–Crippen LogP) is 4.46. The zero-order chi connectivity index (χ0) is 11.9. The summed E-state index contributed by atoms with van der Waals surface area (Å²) in [6, 6.07) is 2.08. The molecule has 16 heavy (non-hydrogen) atoms. The molecule has 0 spiro atoms. The summed E-state index contributed by atoms with van der Waals surface area (Å²) in [5.74, 6) is 0.969. The van der Waals surface area contributed by atoms with Crippen LogP contribution in [0.3, 0.4) is 0 Å². The van der Waals surface area contributed by atoms with E-state index in [1.54, 1.807) is 11.3 Å². The monoisotopic (exact) mass is 299 g/mol. The lowest BCUT2D eigenvalue weighted by Gasteiger charge is -2.14. The second-order valence-corrected chi connectivity index (χ2v) is 6.41. The fourth-order valence-corrected chi connectivity index (χ4v) is 3.12. The normalized spacial score (nSPS) is 11.4.